The highest BCUT2D eigenvalue weighted by atomic mass is 16.5. The normalized spacial score (nSPS) is 24.1. The molecule has 5 nitrogen and oxygen atoms in total. The predicted octanol–water partition coefficient (Wildman–Crippen LogP) is 3.85. The van der Waals surface area contributed by atoms with Crippen molar-refractivity contribution in [3.63, 3.8) is 0 Å². The zero-order chi connectivity index (χ0) is 19.2. The van der Waals surface area contributed by atoms with E-state index in [9.17, 15) is 4.79 Å². The van der Waals surface area contributed by atoms with Gasteiger partial charge in [0.25, 0.3) is 5.91 Å². The number of rotatable bonds is 9. The molecule has 1 aliphatic heterocycles. The number of fused-ring (bicyclic) bond motifs is 1. The number of hydrogen-bond acceptors (Lipinski definition) is 4. The highest BCUT2D eigenvalue weighted by Crippen LogP contribution is 2.38. The van der Waals surface area contributed by atoms with E-state index in [0.717, 1.165) is 57.4 Å². The van der Waals surface area contributed by atoms with E-state index in [-0.39, 0.29) is 11.9 Å². The lowest BCUT2D eigenvalue weighted by atomic mass is 9.98. The lowest BCUT2D eigenvalue weighted by molar-refractivity contribution is 0.0779. The highest BCUT2D eigenvalue weighted by Gasteiger charge is 2.42. The highest BCUT2D eigenvalue weighted by molar-refractivity contribution is 5.95. The number of benzene rings is 1. The minimum Gasteiger partial charge on any atom is -0.490 e. The van der Waals surface area contributed by atoms with Crippen LogP contribution in [-0.4, -0.2) is 43.2 Å². The third-order valence-electron chi connectivity index (χ3n) is 5.90. The smallest absolute Gasteiger partial charge is 0.254 e. The average molecular weight is 375 g/mol. The number of amides is 1. The van der Waals surface area contributed by atoms with Crippen molar-refractivity contribution in [2.24, 2.45) is 17.6 Å². The lowest BCUT2D eigenvalue weighted by Gasteiger charge is -2.20. The van der Waals surface area contributed by atoms with Crippen molar-refractivity contribution < 1.29 is 14.3 Å². The van der Waals surface area contributed by atoms with Gasteiger partial charge in [-0.25, -0.2) is 0 Å². The Morgan fingerprint density at radius 3 is 2.44 bits per heavy atom. The molecule has 1 saturated heterocycles. The number of ether oxygens (including phenoxy) is 2. The Morgan fingerprint density at radius 1 is 1.07 bits per heavy atom. The first-order chi connectivity index (χ1) is 13.1. The lowest BCUT2D eigenvalue weighted by Crippen LogP contribution is -2.33. The Bertz CT molecular complexity index is 634. The number of nitrogens with zero attached hydrogens (tertiary/aromatic N) is 1. The zero-order valence-electron chi connectivity index (χ0n) is 16.8. The Kier molecular flexibility index (Phi) is 7.00. The average Bonchev–Trinajstić information content (AvgIpc) is 3.25. The molecule has 1 heterocycles. The molecule has 3 atom stereocenters. The van der Waals surface area contributed by atoms with Crippen LogP contribution in [0, 0.1) is 11.8 Å². The number of likely N-dealkylation sites (tertiary alicyclic amines) is 1. The molecule has 2 fully saturated rings. The first kappa shape index (κ1) is 20.0. The van der Waals surface area contributed by atoms with Gasteiger partial charge >= 0.3 is 0 Å². The fraction of sp³-hybridized carbons (Fsp3) is 0.682. The van der Waals surface area contributed by atoms with Gasteiger partial charge in [0.15, 0.2) is 11.5 Å². The Hall–Kier alpha value is -1.75. The molecule has 1 aromatic carbocycles. The molecule has 150 valence electrons. The summed E-state index contributed by atoms with van der Waals surface area (Å²) in [6.45, 7) is 7.20. The van der Waals surface area contributed by atoms with Crippen molar-refractivity contribution in [2.75, 3.05) is 26.3 Å². The molecule has 2 N–H and O–H groups in total. The molecule has 27 heavy (non-hydrogen) atoms. The van der Waals surface area contributed by atoms with E-state index in [1.165, 1.54) is 0 Å². The van der Waals surface area contributed by atoms with Gasteiger partial charge < -0.3 is 20.1 Å². The summed E-state index contributed by atoms with van der Waals surface area (Å²) in [5.74, 6) is 2.53. The number of nitrogens with two attached hydrogens (primary N) is 1. The maximum Gasteiger partial charge on any atom is 0.254 e. The van der Waals surface area contributed by atoms with Crippen LogP contribution in [0.1, 0.15) is 62.7 Å². The van der Waals surface area contributed by atoms with Gasteiger partial charge in [0.05, 0.1) is 13.2 Å². The van der Waals surface area contributed by atoms with Gasteiger partial charge in [0, 0.05) is 24.7 Å². The van der Waals surface area contributed by atoms with E-state index in [2.05, 4.69) is 13.8 Å². The van der Waals surface area contributed by atoms with Crippen molar-refractivity contribution in [2.45, 2.75) is 58.4 Å². The van der Waals surface area contributed by atoms with E-state index < -0.39 is 0 Å². The van der Waals surface area contributed by atoms with E-state index in [4.69, 9.17) is 15.2 Å². The Balaban J connectivity index is 1.70. The number of unbranched alkanes of at least 4 members (excludes halogenated alkanes) is 2. The molecule has 2 aliphatic rings. The van der Waals surface area contributed by atoms with Gasteiger partial charge in [-0.15, -0.1) is 0 Å². The second-order valence-electron chi connectivity index (χ2n) is 7.94. The molecule has 3 unspecified atom stereocenters. The molecule has 3 rings (SSSR count). The fourth-order valence-electron chi connectivity index (χ4n) is 4.18. The summed E-state index contributed by atoms with van der Waals surface area (Å²) < 4.78 is 11.8. The Morgan fingerprint density at radius 2 is 1.78 bits per heavy atom. The SMILES string of the molecule is CCCCOc1ccc(C(=O)N2CC3CCC(N)C3C2)cc1OCCCC. The van der Waals surface area contributed by atoms with Crippen LogP contribution in [-0.2, 0) is 0 Å². The fourth-order valence-corrected chi connectivity index (χ4v) is 4.18. The van der Waals surface area contributed by atoms with Gasteiger partial charge in [-0.2, -0.15) is 0 Å². The van der Waals surface area contributed by atoms with Crippen LogP contribution in [0.15, 0.2) is 18.2 Å². The topological polar surface area (TPSA) is 64.8 Å². The van der Waals surface area contributed by atoms with E-state index in [1.807, 2.05) is 23.1 Å². The van der Waals surface area contributed by atoms with Crippen LogP contribution in [0.2, 0.25) is 0 Å². The molecule has 1 saturated carbocycles. The van der Waals surface area contributed by atoms with Gasteiger partial charge in [0.1, 0.15) is 0 Å². The van der Waals surface area contributed by atoms with Crippen LogP contribution >= 0.6 is 0 Å². The molecule has 0 bridgehead atoms. The maximum atomic E-state index is 13.0. The molecule has 0 radical (unpaired) electrons. The largest absolute Gasteiger partial charge is 0.490 e. The third-order valence-corrected chi connectivity index (χ3v) is 5.90. The first-order valence-electron chi connectivity index (χ1n) is 10.6. The van der Waals surface area contributed by atoms with Crippen LogP contribution < -0.4 is 15.2 Å². The van der Waals surface area contributed by atoms with Crippen molar-refractivity contribution >= 4 is 5.91 Å². The summed E-state index contributed by atoms with van der Waals surface area (Å²) in [5.41, 5.74) is 6.89. The number of carbonyl (C=O) groups is 1. The molecule has 0 spiro atoms. The van der Waals surface area contributed by atoms with Crippen LogP contribution in [0.5, 0.6) is 11.5 Å². The molecular weight excluding hydrogens is 340 g/mol. The quantitative estimate of drug-likeness (QED) is 0.667. The summed E-state index contributed by atoms with van der Waals surface area (Å²) >= 11 is 0. The van der Waals surface area contributed by atoms with Crippen molar-refractivity contribution in [1.82, 2.24) is 4.90 Å². The molecular formula is C22H34N2O3. The minimum absolute atomic E-state index is 0.0806. The van der Waals surface area contributed by atoms with E-state index >= 15 is 0 Å². The summed E-state index contributed by atoms with van der Waals surface area (Å²) in [5, 5.41) is 0. The first-order valence-corrected chi connectivity index (χ1v) is 10.6. The second-order valence-corrected chi connectivity index (χ2v) is 7.94. The predicted molar refractivity (Wildman–Crippen MR) is 107 cm³/mol. The van der Waals surface area contributed by atoms with Crippen molar-refractivity contribution in [1.29, 1.82) is 0 Å². The van der Waals surface area contributed by atoms with Crippen molar-refractivity contribution in [3.05, 3.63) is 23.8 Å². The van der Waals surface area contributed by atoms with Crippen LogP contribution in [0.25, 0.3) is 0 Å². The summed E-state index contributed by atoms with van der Waals surface area (Å²) in [4.78, 5) is 15.0. The van der Waals surface area contributed by atoms with E-state index in [1.54, 1.807) is 0 Å². The molecule has 0 aromatic heterocycles. The van der Waals surface area contributed by atoms with Crippen LogP contribution in [0.4, 0.5) is 0 Å². The van der Waals surface area contributed by atoms with Crippen molar-refractivity contribution in [3.8, 4) is 11.5 Å². The minimum atomic E-state index is 0.0806. The second kappa shape index (κ2) is 9.45. The summed E-state index contributed by atoms with van der Waals surface area (Å²) in [6.07, 6.45) is 6.39. The van der Waals surface area contributed by atoms with Gasteiger partial charge in [-0.05, 0) is 55.7 Å². The number of hydrogen-bond donors (Lipinski definition) is 1. The zero-order valence-corrected chi connectivity index (χ0v) is 16.8. The third kappa shape index (κ3) is 4.75. The standard InChI is InChI=1S/C22H34N2O3/c1-3-5-11-26-20-10-8-16(13-21(20)27-12-6-4-2)22(25)24-14-17-7-9-19(23)18(17)15-24/h8,10,13,17-19H,3-7,9,11-12,14-15,23H2,1-2H3. The van der Waals surface area contributed by atoms with E-state index in [0.29, 0.717) is 36.4 Å². The monoisotopic (exact) mass is 374 g/mol. The van der Waals surface area contributed by atoms with Gasteiger partial charge in [-0.1, -0.05) is 26.7 Å². The van der Waals surface area contributed by atoms with Gasteiger partial charge in [0.2, 0.25) is 0 Å². The number of carbonyl (C=O) groups excluding carboxylic acids is 1. The summed E-state index contributed by atoms with van der Waals surface area (Å²) in [7, 11) is 0. The Labute approximate surface area is 163 Å². The molecule has 1 amide bonds. The molecule has 1 aliphatic carbocycles. The molecule has 1 aromatic rings. The maximum absolute atomic E-state index is 13.0. The van der Waals surface area contributed by atoms with Crippen LogP contribution in [0.3, 0.4) is 0 Å². The van der Waals surface area contributed by atoms with Gasteiger partial charge in [-0.3, -0.25) is 4.79 Å². The summed E-state index contributed by atoms with van der Waals surface area (Å²) in [6, 6.07) is 5.85. The molecule has 5 heteroatoms.